The zero-order valence-electron chi connectivity index (χ0n) is 24.6. The van der Waals surface area contributed by atoms with Crippen molar-refractivity contribution in [2.45, 2.75) is 82.0 Å². The fourth-order valence-corrected chi connectivity index (χ4v) is 8.07. The molecule has 3 unspecified atom stereocenters. The van der Waals surface area contributed by atoms with Crippen molar-refractivity contribution < 1.29 is 29.0 Å². The van der Waals surface area contributed by atoms with Gasteiger partial charge >= 0.3 is 5.97 Å². The molecule has 3 heterocycles. The summed E-state index contributed by atoms with van der Waals surface area (Å²) in [4.78, 5) is 45.7. The lowest BCUT2D eigenvalue weighted by molar-refractivity contribution is -0.155. The van der Waals surface area contributed by atoms with Crippen LogP contribution in [0.15, 0.2) is 43.5 Å². The van der Waals surface area contributed by atoms with E-state index in [9.17, 15) is 19.5 Å². The molecule has 3 aliphatic heterocycles. The highest BCUT2D eigenvalue weighted by molar-refractivity contribution is 9.09. The Labute approximate surface area is 251 Å². The van der Waals surface area contributed by atoms with E-state index in [0.29, 0.717) is 25.7 Å². The standard InChI is InChI=1S/C32H43BrN2O6/c1-7-9-10-15-40-31(39)24-25-29(37)35(22(18-36)16-19(3)4)28(32(25)17-23(33)27(24)41-32)30(38)34(14-8-2)26-20(5)12-11-13-21(26)6/h7-8,11-13,19,22-25,27-28,36H,1-2,9-10,14-18H2,3-6H3/t22-,23?,24-,25+,27-,28?,32?/m1/s1. The number of allylic oxidation sites excluding steroid dienone is 1. The quantitative estimate of drug-likeness (QED) is 0.149. The Kier molecular flexibility index (Phi) is 9.81. The predicted octanol–water partition coefficient (Wildman–Crippen LogP) is 4.49. The number of nitrogens with zero attached hydrogens (tertiary/aromatic N) is 2. The summed E-state index contributed by atoms with van der Waals surface area (Å²) in [6.07, 6.45) is 5.06. The maximum atomic E-state index is 14.8. The third-order valence-electron chi connectivity index (χ3n) is 8.66. The number of esters is 1. The Bertz CT molecular complexity index is 1170. The number of amides is 2. The first-order valence-corrected chi connectivity index (χ1v) is 15.5. The van der Waals surface area contributed by atoms with Gasteiger partial charge in [-0.05, 0) is 56.6 Å². The number of carbonyl (C=O) groups excluding carboxylic acids is 3. The average Bonchev–Trinajstić information content (AvgIpc) is 3.52. The van der Waals surface area contributed by atoms with Gasteiger partial charge in [0.1, 0.15) is 11.6 Å². The van der Waals surface area contributed by atoms with E-state index < -0.39 is 41.6 Å². The second kappa shape index (κ2) is 12.8. The fourth-order valence-electron chi connectivity index (χ4n) is 7.13. The predicted molar refractivity (Wildman–Crippen MR) is 162 cm³/mol. The molecule has 2 amide bonds. The highest BCUT2D eigenvalue weighted by Crippen LogP contribution is 2.61. The average molecular weight is 632 g/mol. The number of hydrogen-bond donors (Lipinski definition) is 1. The van der Waals surface area contributed by atoms with Crippen LogP contribution in [0.4, 0.5) is 5.69 Å². The van der Waals surface area contributed by atoms with Gasteiger partial charge in [0.05, 0.1) is 37.2 Å². The molecule has 2 bridgehead atoms. The molecule has 0 aliphatic carbocycles. The van der Waals surface area contributed by atoms with E-state index in [0.717, 1.165) is 16.8 Å². The van der Waals surface area contributed by atoms with Gasteiger partial charge in [0, 0.05) is 17.1 Å². The highest BCUT2D eigenvalue weighted by Gasteiger charge is 2.77. The van der Waals surface area contributed by atoms with Crippen LogP contribution >= 0.6 is 15.9 Å². The summed E-state index contributed by atoms with van der Waals surface area (Å²) in [7, 11) is 0. The van der Waals surface area contributed by atoms with E-state index >= 15 is 0 Å². The second-order valence-corrected chi connectivity index (χ2v) is 13.1. The number of ether oxygens (including phenoxy) is 2. The van der Waals surface area contributed by atoms with Crippen molar-refractivity contribution >= 4 is 39.4 Å². The summed E-state index contributed by atoms with van der Waals surface area (Å²) in [5.41, 5.74) is 1.36. The monoisotopic (exact) mass is 630 g/mol. The van der Waals surface area contributed by atoms with E-state index in [1.54, 1.807) is 17.1 Å². The molecular formula is C32H43BrN2O6. The number of para-hydroxylation sites is 1. The lowest BCUT2D eigenvalue weighted by Gasteiger charge is -2.40. The van der Waals surface area contributed by atoms with Gasteiger partial charge in [-0.3, -0.25) is 14.4 Å². The van der Waals surface area contributed by atoms with Crippen LogP contribution in [0, 0.1) is 31.6 Å². The van der Waals surface area contributed by atoms with E-state index in [4.69, 9.17) is 9.47 Å². The number of alkyl halides is 1. The number of unbranched alkanes of at least 4 members (excludes halogenated alkanes) is 1. The van der Waals surface area contributed by atoms with Crippen LogP contribution < -0.4 is 4.90 Å². The van der Waals surface area contributed by atoms with Gasteiger partial charge in [-0.25, -0.2) is 0 Å². The fraction of sp³-hybridized carbons (Fsp3) is 0.594. The maximum Gasteiger partial charge on any atom is 0.312 e. The number of aliphatic hydroxyl groups is 1. The van der Waals surface area contributed by atoms with Crippen molar-refractivity contribution in [2.24, 2.45) is 17.8 Å². The zero-order chi connectivity index (χ0) is 30.1. The number of halogens is 1. The van der Waals surface area contributed by atoms with Crippen molar-refractivity contribution in [3.8, 4) is 0 Å². The third-order valence-corrected chi connectivity index (χ3v) is 9.51. The normalized spacial score (nSPS) is 29.0. The van der Waals surface area contributed by atoms with Crippen LogP contribution in [0.3, 0.4) is 0 Å². The maximum absolute atomic E-state index is 14.8. The van der Waals surface area contributed by atoms with Crippen LogP contribution in [-0.4, -0.2) is 76.2 Å². The number of anilines is 1. The van der Waals surface area contributed by atoms with Crippen molar-refractivity contribution in [2.75, 3.05) is 24.7 Å². The number of benzene rings is 1. The summed E-state index contributed by atoms with van der Waals surface area (Å²) >= 11 is 3.71. The molecule has 9 heteroatoms. The van der Waals surface area contributed by atoms with Crippen molar-refractivity contribution in [1.82, 2.24) is 4.90 Å². The Morgan fingerprint density at radius 2 is 1.95 bits per heavy atom. The van der Waals surface area contributed by atoms with Crippen LogP contribution in [0.2, 0.25) is 0 Å². The zero-order valence-corrected chi connectivity index (χ0v) is 26.1. The first-order valence-electron chi connectivity index (χ1n) is 14.5. The van der Waals surface area contributed by atoms with Crippen molar-refractivity contribution in [1.29, 1.82) is 0 Å². The molecule has 8 nitrogen and oxygen atoms in total. The lowest BCUT2D eigenvalue weighted by Crippen LogP contribution is -2.59. The van der Waals surface area contributed by atoms with Crippen molar-refractivity contribution in [3.05, 3.63) is 54.6 Å². The number of carbonyl (C=O) groups is 3. The van der Waals surface area contributed by atoms with Gasteiger partial charge in [-0.2, -0.15) is 0 Å². The van der Waals surface area contributed by atoms with Crippen LogP contribution in [-0.2, 0) is 23.9 Å². The molecule has 1 spiro atoms. The molecule has 0 saturated carbocycles. The largest absolute Gasteiger partial charge is 0.465 e. The SMILES string of the molecule is C=CCCCOC(=O)[C@H]1[C@@H]2OC3(CC2Br)C(C(=O)N(CC=C)c2c(C)cccc2C)N([C@@H](CO)CC(C)C)C(=O)[C@H]13. The van der Waals surface area contributed by atoms with E-state index in [-0.39, 0.29) is 42.3 Å². The number of aliphatic hydroxyl groups excluding tert-OH is 1. The van der Waals surface area contributed by atoms with Crippen LogP contribution in [0.1, 0.15) is 50.7 Å². The van der Waals surface area contributed by atoms with Gasteiger partial charge < -0.3 is 24.4 Å². The summed E-state index contributed by atoms with van der Waals surface area (Å²) < 4.78 is 12.3. The van der Waals surface area contributed by atoms with Gasteiger partial charge in [-0.15, -0.1) is 13.2 Å². The molecule has 1 aromatic rings. The van der Waals surface area contributed by atoms with Gasteiger partial charge in [0.2, 0.25) is 5.91 Å². The first kappa shape index (κ1) is 31.4. The molecule has 0 radical (unpaired) electrons. The Morgan fingerprint density at radius 3 is 2.54 bits per heavy atom. The molecule has 224 valence electrons. The number of aryl methyl sites for hydroxylation is 2. The first-order chi connectivity index (χ1) is 19.5. The number of likely N-dealkylation sites (tertiary alicyclic amines) is 1. The Morgan fingerprint density at radius 1 is 1.27 bits per heavy atom. The molecule has 1 N–H and O–H groups in total. The minimum absolute atomic E-state index is 0.156. The molecule has 41 heavy (non-hydrogen) atoms. The molecule has 3 fully saturated rings. The molecule has 1 aromatic carbocycles. The summed E-state index contributed by atoms with van der Waals surface area (Å²) in [6.45, 7) is 15.7. The lowest BCUT2D eigenvalue weighted by atomic mass is 9.70. The van der Waals surface area contributed by atoms with Gasteiger partial charge in [0.15, 0.2) is 0 Å². The molecule has 7 atom stereocenters. The minimum Gasteiger partial charge on any atom is -0.465 e. The Hall–Kier alpha value is -2.49. The summed E-state index contributed by atoms with van der Waals surface area (Å²) in [5, 5.41) is 10.5. The van der Waals surface area contributed by atoms with E-state index in [1.807, 2.05) is 45.9 Å². The molecule has 3 saturated heterocycles. The van der Waals surface area contributed by atoms with Crippen LogP contribution in [0.5, 0.6) is 0 Å². The molecule has 0 aromatic heterocycles. The molecular weight excluding hydrogens is 588 g/mol. The smallest absolute Gasteiger partial charge is 0.312 e. The number of fused-ring (bicyclic) bond motifs is 1. The third kappa shape index (κ3) is 5.53. The highest BCUT2D eigenvalue weighted by atomic mass is 79.9. The van der Waals surface area contributed by atoms with E-state index in [1.165, 1.54) is 4.90 Å². The topological polar surface area (TPSA) is 96.4 Å². The van der Waals surface area contributed by atoms with E-state index in [2.05, 4.69) is 29.1 Å². The number of hydrogen-bond acceptors (Lipinski definition) is 6. The van der Waals surface area contributed by atoms with Crippen LogP contribution in [0.25, 0.3) is 0 Å². The summed E-state index contributed by atoms with van der Waals surface area (Å²) in [6, 6.07) is 4.20. The second-order valence-electron chi connectivity index (χ2n) is 12.0. The van der Waals surface area contributed by atoms with Gasteiger partial charge in [-0.1, -0.05) is 60.1 Å². The molecule has 4 rings (SSSR count). The minimum atomic E-state index is -1.24. The number of rotatable bonds is 13. The summed E-state index contributed by atoms with van der Waals surface area (Å²) in [5.74, 6) is -2.70. The Balaban J connectivity index is 1.82. The van der Waals surface area contributed by atoms with Gasteiger partial charge in [0.25, 0.3) is 5.91 Å². The molecule has 3 aliphatic rings. The van der Waals surface area contributed by atoms with Crippen molar-refractivity contribution in [3.63, 3.8) is 0 Å².